The van der Waals surface area contributed by atoms with E-state index in [-0.39, 0.29) is 11.9 Å². The first-order chi connectivity index (χ1) is 12.3. The minimum atomic E-state index is -0.196. The van der Waals surface area contributed by atoms with E-state index in [0.717, 1.165) is 36.6 Å². The Morgan fingerprint density at radius 2 is 2.00 bits per heavy atom. The Hall–Kier alpha value is -2.57. The maximum Gasteiger partial charge on any atom is 0.123 e. The second-order valence-electron chi connectivity index (χ2n) is 6.24. The van der Waals surface area contributed by atoms with Gasteiger partial charge in [0.25, 0.3) is 0 Å². The molecule has 0 bridgehead atoms. The van der Waals surface area contributed by atoms with Gasteiger partial charge in [-0.3, -0.25) is 4.90 Å². The highest BCUT2D eigenvalue weighted by atomic mass is 19.1. The zero-order valence-corrected chi connectivity index (χ0v) is 13.8. The third-order valence-electron chi connectivity index (χ3n) is 4.51. The zero-order chi connectivity index (χ0) is 17.1. The third kappa shape index (κ3) is 3.60. The van der Waals surface area contributed by atoms with Gasteiger partial charge in [-0.05, 0) is 29.8 Å². The molecular formula is C19H20FN5. The molecule has 25 heavy (non-hydrogen) atoms. The molecule has 1 N–H and O–H groups in total. The maximum atomic E-state index is 13.6. The van der Waals surface area contributed by atoms with Crippen molar-refractivity contribution < 1.29 is 4.39 Å². The molecule has 1 fully saturated rings. The highest BCUT2D eigenvalue weighted by Gasteiger charge is 2.25. The summed E-state index contributed by atoms with van der Waals surface area (Å²) in [6.07, 6.45) is 1.96. The van der Waals surface area contributed by atoms with Crippen molar-refractivity contribution in [1.82, 2.24) is 25.2 Å². The van der Waals surface area contributed by atoms with Crippen LogP contribution < -0.4 is 5.32 Å². The Morgan fingerprint density at radius 1 is 1.12 bits per heavy atom. The molecule has 5 nitrogen and oxygen atoms in total. The van der Waals surface area contributed by atoms with Crippen LogP contribution in [0.1, 0.15) is 17.3 Å². The zero-order valence-electron chi connectivity index (χ0n) is 13.8. The van der Waals surface area contributed by atoms with Crippen LogP contribution in [0.3, 0.4) is 0 Å². The summed E-state index contributed by atoms with van der Waals surface area (Å²) in [7, 11) is 0. The molecule has 1 aliphatic heterocycles. The molecule has 1 aromatic heterocycles. The topological polar surface area (TPSA) is 46.0 Å². The molecule has 1 atom stereocenters. The molecule has 2 aromatic carbocycles. The highest BCUT2D eigenvalue weighted by molar-refractivity contribution is 5.30. The Labute approximate surface area is 146 Å². The number of para-hydroxylation sites is 1. The van der Waals surface area contributed by atoms with Crippen LogP contribution in [0.15, 0.2) is 60.8 Å². The molecule has 0 spiro atoms. The Morgan fingerprint density at radius 3 is 2.84 bits per heavy atom. The van der Waals surface area contributed by atoms with E-state index in [1.54, 1.807) is 16.8 Å². The van der Waals surface area contributed by atoms with Gasteiger partial charge in [-0.15, -0.1) is 5.10 Å². The van der Waals surface area contributed by atoms with Crippen molar-refractivity contribution in [3.63, 3.8) is 0 Å². The number of rotatable bonds is 4. The first-order valence-corrected chi connectivity index (χ1v) is 8.46. The number of nitrogens with zero attached hydrogens (tertiary/aromatic N) is 4. The number of piperazine rings is 1. The summed E-state index contributed by atoms with van der Waals surface area (Å²) >= 11 is 0. The van der Waals surface area contributed by atoms with Gasteiger partial charge in [-0.25, -0.2) is 9.07 Å². The average molecular weight is 337 g/mol. The standard InChI is InChI=1S/C19H20FN5/c20-16-6-4-5-15(11-16)19-12-21-9-10-24(19)13-17-14-25(23-22-17)18-7-2-1-3-8-18/h1-8,11,14,19,21H,9-10,12-13H2. The summed E-state index contributed by atoms with van der Waals surface area (Å²) < 4.78 is 15.4. The van der Waals surface area contributed by atoms with Gasteiger partial charge in [0.15, 0.2) is 0 Å². The van der Waals surface area contributed by atoms with E-state index in [2.05, 4.69) is 20.5 Å². The molecular weight excluding hydrogens is 317 g/mol. The Balaban J connectivity index is 1.53. The van der Waals surface area contributed by atoms with Gasteiger partial charge in [0.1, 0.15) is 5.82 Å². The van der Waals surface area contributed by atoms with Gasteiger partial charge in [0, 0.05) is 32.2 Å². The van der Waals surface area contributed by atoms with E-state index >= 15 is 0 Å². The van der Waals surface area contributed by atoms with Gasteiger partial charge in [0.2, 0.25) is 0 Å². The second kappa shape index (κ2) is 7.13. The molecule has 128 valence electrons. The summed E-state index contributed by atoms with van der Waals surface area (Å²) in [5, 5.41) is 11.9. The lowest BCUT2D eigenvalue weighted by Gasteiger charge is -2.36. The molecule has 1 unspecified atom stereocenters. The molecule has 1 aliphatic rings. The largest absolute Gasteiger partial charge is 0.314 e. The normalized spacial score (nSPS) is 18.4. The van der Waals surface area contributed by atoms with Crippen LogP contribution in [0.5, 0.6) is 0 Å². The van der Waals surface area contributed by atoms with E-state index in [1.165, 1.54) is 6.07 Å². The summed E-state index contributed by atoms with van der Waals surface area (Å²) in [6, 6.07) is 16.9. The number of hydrogen-bond acceptors (Lipinski definition) is 4. The van der Waals surface area contributed by atoms with Gasteiger partial charge >= 0.3 is 0 Å². The van der Waals surface area contributed by atoms with Crippen LogP contribution in [0.2, 0.25) is 0 Å². The number of halogens is 1. The van der Waals surface area contributed by atoms with E-state index in [9.17, 15) is 4.39 Å². The van der Waals surface area contributed by atoms with E-state index in [4.69, 9.17) is 0 Å². The summed E-state index contributed by atoms with van der Waals surface area (Å²) in [5.74, 6) is -0.196. The molecule has 0 aliphatic carbocycles. The Bertz CT molecular complexity index is 833. The van der Waals surface area contributed by atoms with Gasteiger partial charge in [-0.1, -0.05) is 35.5 Å². The molecule has 4 rings (SSSR count). The van der Waals surface area contributed by atoms with Crippen molar-refractivity contribution >= 4 is 0 Å². The number of aromatic nitrogens is 3. The van der Waals surface area contributed by atoms with Gasteiger partial charge in [0.05, 0.1) is 17.6 Å². The molecule has 2 heterocycles. The van der Waals surface area contributed by atoms with Crippen molar-refractivity contribution in [3.8, 4) is 5.69 Å². The Kier molecular flexibility index (Phi) is 4.54. The molecule has 0 saturated carbocycles. The minimum absolute atomic E-state index is 0.131. The van der Waals surface area contributed by atoms with Crippen molar-refractivity contribution in [1.29, 1.82) is 0 Å². The molecule has 3 aromatic rings. The van der Waals surface area contributed by atoms with Crippen molar-refractivity contribution in [2.45, 2.75) is 12.6 Å². The van der Waals surface area contributed by atoms with Gasteiger partial charge < -0.3 is 5.32 Å². The van der Waals surface area contributed by atoms with E-state index in [1.807, 2.05) is 42.6 Å². The monoisotopic (exact) mass is 337 g/mol. The first kappa shape index (κ1) is 15.9. The van der Waals surface area contributed by atoms with Crippen molar-refractivity contribution in [3.05, 3.63) is 77.9 Å². The van der Waals surface area contributed by atoms with Crippen LogP contribution in [-0.4, -0.2) is 39.5 Å². The number of hydrogen-bond donors (Lipinski definition) is 1. The number of benzene rings is 2. The predicted molar refractivity (Wildman–Crippen MR) is 93.8 cm³/mol. The van der Waals surface area contributed by atoms with E-state index < -0.39 is 0 Å². The molecule has 0 amide bonds. The first-order valence-electron chi connectivity index (χ1n) is 8.46. The van der Waals surface area contributed by atoms with Crippen LogP contribution in [0, 0.1) is 5.82 Å². The fourth-order valence-electron chi connectivity index (χ4n) is 3.26. The molecule has 0 radical (unpaired) electrons. The van der Waals surface area contributed by atoms with Crippen LogP contribution >= 0.6 is 0 Å². The lowest BCUT2D eigenvalue weighted by molar-refractivity contribution is 0.151. The third-order valence-corrected chi connectivity index (χ3v) is 4.51. The fraction of sp³-hybridized carbons (Fsp3) is 0.263. The molecule has 6 heteroatoms. The second-order valence-corrected chi connectivity index (χ2v) is 6.24. The lowest BCUT2D eigenvalue weighted by atomic mass is 10.0. The highest BCUT2D eigenvalue weighted by Crippen LogP contribution is 2.24. The summed E-state index contributed by atoms with van der Waals surface area (Å²) in [6.45, 7) is 3.30. The maximum absolute atomic E-state index is 13.6. The van der Waals surface area contributed by atoms with Crippen molar-refractivity contribution in [2.24, 2.45) is 0 Å². The summed E-state index contributed by atoms with van der Waals surface area (Å²) in [5.41, 5.74) is 2.89. The lowest BCUT2D eigenvalue weighted by Crippen LogP contribution is -2.45. The quantitative estimate of drug-likeness (QED) is 0.795. The number of nitrogens with one attached hydrogen (secondary N) is 1. The minimum Gasteiger partial charge on any atom is -0.314 e. The van der Waals surface area contributed by atoms with Crippen molar-refractivity contribution in [2.75, 3.05) is 19.6 Å². The van der Waals surface area contributed by atoms with Crippen LogP contribution in [0.4, 0.5) is 4.39 Å². The van der Waals surface area contributed by atoms with E-state index in [0.29, 0.717) is 6.54 Å². The van der Waals surface area contributed by atoms with Crippen LogP contribution in [-0.2, 0) is 6.54 Å². The average Bonchev–Trinajstić information content (AvgIpc) is 3.11. The van der Waals surface area contributed by atoms with Crippen LogP contribution in [0.25, 0.3) is 5.69 Å². The predicted octanol–water partition coefficient (Wildman–Crippen LogP) is 2.55. The fourth-order valence-corrected chi connectivity index (χ4v) is 3.26. The smallest absolute Gasteiger partial charge is 0.123 e. The SMILES string of the molecule is Fc1cccc(C2CNCCN2Cc2cn(-c3ccccc3)nn2)c1. The van der Waals surface area contributed by atoms with Gasteiger partial charge in [-0.2, -0.15) is 0 Å². The molecule has 1 saturated heterocycles. The summed E-state index contributed by atoms with van der Waals surface area (Å²) in [4.78, 5) is 2.32.